The van der Waals surface area contributed by atoms with Gasteiger partial charge < -0.3 is 19.8 Å². The van der Waals surface area contributed by atoms with Gasteiger partial charge in [-0.15, -0.1) is 0 Å². The minimum atomic E-state index is 0.307. The average Bonchev–Trinajstić information content (AvgIpc) is 2.83. The minimum Gasteiger partial charge on any atom is -0.395 e. The van der Waals surface area contributed by atoms with Crippen molar-refractivity contribution < 1.29 is 5.11 Å². The molecule has 1 atom stereocenters. The third-order valence-corrected chi connectivity index (χ3v) is 3.90. The number of aliphatic hydroxyl groups excluding tert-OH is 1. The van der Waals surface area contributed by atoms with Gasteiger partial charge in [-0.3, -0.25) is 0 Å². The molecule has 0 aliphatic carbocycles. The van der Waals surface area contributed by atoms with Crippen molar-refractivity contribution in [1.29, 1.82) is 0 Å². The molecule has 0 bridgehead atoms. The molecule has 0 unspecified atom stereocenters. The van der Waals surface area contributed by atoms with Crippen molar-refractivity contribution in [2.45, 2.75) is 20.3 Å². The molecule has 0 aromatic heterocycles. The van der Waals surface area contributed by atoms with Gasteiger partial charge in [0.05, 0.1) is 6.61 Å². The van der Waals surface area contributed by atoms with E-state index in [0.717, 1.165) is 12.5 Å². The van der Waals surface area contributed by atoms with Crippen LogP contribution in [0.3, 0.4) is 0 Å². The predicted molar refractivity (Wildman–Crippen MR) is 76.9 cm³/mol. The predicted octanol–water partition coefficient (Wildman–Crippen LogP) is 0.574. The summed E-state index contributed by atoms with van der Waals surface area (Å²) in [6.07, 6.45) is 1.31. The second-order valence-electron chi connectivity index (χ2n) is 5.28. The molecule has 108 valence electrons. The quantitative estimate of drug-likeness (QED) is 0.798. The number of likely N-dealkylation sites (N-methyl/N-ethyl adjacent to an activating group) is 1. The summed E-state index contributed by atoms with van der Waals surface area (Å²) in [5.74, 6) is 0.829. The van der Waals surface area contributed by atoms with Gasteiger partial charge in [0.1, 0.15) is 0 Å². The van der Waals surface area contributed by atoms with Gasteiger partial charge in [0.15, 0.2) is 0 Å². The van der Waals surface area contributed by atoms with Crippen molar-refractivity contribution in [3.63, 3.8) is 0 Å². The van der Waals surface area contributed by atoms with Crippen LogP contribution >= 0.6 is 0 Å². The Morgan fingerprint density at radius 2 is 1.67 bits per heavy atom. The number of aliphatic hydroxyl groups is 1. The van der Waals surface area contributed by atoms with E-state index in [1.165, 1.54) is 52.2 Å². The van der Waals surface area contributed by atoms with Crippen LogP contribution in [-0.2, 0) is 0 Å². The van der Waals surface area contributed by atoms with Gasteiger partial charge in [-0.1, -0.05) is 13.8 Å². The van der Waals surface area contributed by atoms with Gasteiger partial charge >= 0.3 is 0 Å². The third kappa shape index (κ3) is 5.22. The number of hydrogen-bond acceptors (Lipinski definition) is 4. The van der Waals surface area contributed by atoms with Crippen molar-refractivity contribution >= 4 is 0 Å². The molecule has 2 aliphatic rings. The maximum atomic E-state index is 8.91. The molecular formula is C14H31N3O. The number of β-amino-alcohol motifs (C(OH)–C–C–N with tert-alkyl or cyclic N) is 1. The average molecular weight is 257 g/mol. The monoisotopic (exact) mass is 257 g/mol. The Balaban J connectivity index is 0.000000771. The normalized spacial score (nSPS) is 27.0. The van der Waals surface area contributed by atoms with Gasteiger partial charge in [0.2, 0.25) is 0 Å². The summed E-state index contributed by atoms with van der Waals surface area (Å²) in [5, 5.41) is 8.91. The summed E-state index contributed by atoms with van der Waals surface area (Å²) in [7, 11) is 2.20. The summed E-state index contributed by atoms with van der Waals surface area (Å²) in [4.78, 5) is 7.40. The van der Waals surface area contributed by atoms with Crippen LogP contribution in [0.2, 0.25) is 0 Å². The topological polar surface area (TPSA) is 30.0 Å². The van der Waals surface area contributed by atoms with Gasteiger partial charge in [-0.05, 0) is 25.9 Å². The van der Waals surface area contributed by atoms with E-state index in [0.29, 0.717) is 6.61 Å². The molecule has 2 heterocycles. The van der Waals surface area contributed by atoms with Crippen LogP contribution < -0.4 is 0 Å². The van der Waals surface area contributed by atoms with Gasteiger partial charge in [-0.25, -0.2) is 0 Å². The first-order valence-electron chi connectivity index (χ1n) is 7.52. The zero-order valence-electron chi connectivity index (χ0n) is 12.4. The standard InChI is InChI=1S/C12H25N3O.C2H6/c1-13-4-6-15(7-5-13)11-12-2-3-14(10-12)8-9-16;1-2/h12,16H,2-11H2,1H3;1-2H3/t12-;/m0./s1. The molecule has 1 N–H and O–H groups in total. The van der Waals surface area contributed by atoms with Crippen LogP contribution in [0.4, 0.5) is 0 Å². The highest BCUT2D eigenvalue weighted by atomic mass is 16.3. The molecule has 0 amide bonds. The molecular weight excluding hydrogens is 226 g/mol. The lowest BCUT2D eigenvalue weighted by atomic mass is 10.1. The Labute approximate surface area is 113 Å². The molecule has 18 heavy (non-hydrogen) atoms. The highest BCUT2D eigenvalue weighted by molar-refractivity contribution is 4.80. The molecule has 2 fully saturated rings. The fraction of sp³-hybridized carbons (Fsp3) is 1.00. The van der Waals surface area contributed by atoms with E-state index in [1.807, 2.05) is 13.8 Å². The first-order chi connectivity index (χ1) is 8.78. The second kappa shape index (κ2) is 8.86. The van der Waals surface area contributed by atoms with Crippen LogP contribution in [0.25, 0.3) is 0 Å². The smallest absolute Gasteiger partial charge is 0.0558 e. The van der Waals surface area contributed by atoms with E-state index in [1.54, 1.807) is 0 Å². The van der Waals surface area contributed by atoms with Gasteiger partial charge in [0.25, 0.3) is 0 Å². The Hall–Kier alpha value is -0.160. The lowest BCUT2D eigenvalue weighted by Crippen LogP contribution is -2.46. The van der Waals surface area contributed by atoms with Crippen LogP contribution in [0.15, 0.2) is 0 Å². The lowest BCUT2D eigenvalue weighted by molar-refractivity contribution is 0.135. The minimum absolute atomic E-state index is 0.307. The molecule has 0 aromatic rings. The Bertz CT molecular complexity index is 205. The number of piperazine rings is 1. The maximum absolute atomic E-state index is 8.91. The first kappa shape index (κ1) is 15.9. The summed E-state index contributed by atoms with van der Waals surface area (Å²) in [6, 6.07) is 0. The van der Waals surface area contributed by atoms with E-state index in [9.17, 15) is 0 Å². The van der Waals surface area contributed by atoms with E-state index < -0.39 is 0 Å². The van der Waals surface area contributed by atoms with Crippen molar-refractivity contribution in [3.8, 4) is 0 Å². The van der Waals surface area contributed by atoms with Crippen LogP contribution in [0.1, 0.15) is 20.3 Å². The SMILES string of the molecule is CC.CN1CCN(C[C@H]2CCN(CCO)C2)CC1. The molecule has 2 rings (SSSR count). The number of hydrogen-bond donors (Lipinski definition) is 1. The zero-order chi connectivity index (χ0) is 13.4. The highest BCUT2D eigenvalue weighted by Crippen LogP contribution is 2.17. The molecule has 2 saturated heterocycles. The first-order valence-corrected chi connectivity index (χ1v) is 7.52. The van der Waals surface area contributed by atoms with Crippen LogP contribution in [-0.4, -0.2) is 85.8 Å². The Morgan fingerprint density at radius 3 is 2.28 bits per heavy atom. The molecule has 0 radical (unpaired) electrons. The Morgan fingerprint density at radius 1 is 1.00 bits per heavy atom. The third-order valence-electron chi connectivity index (χ3n) is 3.90. The van der Waals surface area contributed by atoms with Gasteiger partial charge in [-0.2, -0.15) is 0 Å². The van der Waals surface area contributed by atoms with E-state index in [4.69, 9.17) is 5.11 Å². The molecule has 4 heteroatoms. The van der Waals surface area contributed by atoms with Gasteiger partial charge in [0, 0.05) is 45.8 Å². The number of rotatable bonds is 4. The van der Waals surface area contributed by atoms with Crippen LogP contribution in [0.5, 0.6) is 0 Å². The number of likely N-dealkylation sites (tertiary alicyclic amines) is 1. The second-order valence-corrected chi connectivity index (χ2v) is 5.28. The summed E-state index contributed by atoms with van der Waals surface area (Å²) in [5.41, 5.74) is 0. The van der Waals surface area contributed by atoms with Crippen molar-refractivity contribution in [3.05, 3.63) is 0 Å². The van der Waals surface area contributed by atoms with E-state index in [2.05, 4.69) is 21.7 Å². The van der Waals surface area contributed by atoms with E-state index in [-0.39, 0.29) is 0 Å². The fourth-order valence-corrected chi connectivity index (χ4v) is 2.80. The number of nitrogens with zero attached hydrogens (tertiary/aromatic N) is 3. The molecule has 0 spiro atoms. The fourth-order valence-electron chi connectivity index (χ4n) is 2.80. The summed E-state index contributed by atoms with van der Waals surface area (Å²) in [6.45, 7) is 13.7. The summed E-state index contributed by atoms with van der Waals surface area (Å²) < 4.78 is 0. The Kier molecular flexibility index (Phi) is 7.82. The van der Waals surface area contributed by atoms with Crippen LogP contribution in [0, 0.1) is 5.92 Å². The van der Waals surface area contributed by atoms with Crippen molar-refractivity contribution in [1.82, 2.24) is 14.7 Å². The highest BCUT2D eigenvalue weighted by Gasteiger charge is 2.25. The molecule has 0 saturated carbocycles. The largest absolute Gasteiger partial charge is 0.395 e. The molecule has 2 aliphatic heterocycles. The summed E-state index contributed by atoms with van der Waals surface area (Å²) >= 11 is 0. The van der Waals surface area contributed by atoms with Crippen molar-refractivity contribution in [2.24, 2.45) is 5.92 Å². The lowest BCUT2D eigenvalue weighted by Gasteiger charge is -2.33. The molecule has 4 nitrogen and oxygen atoms in total. The van der Waals surface area contributed by atoms with Crippen molar-refractivity contribution in [2.75, 3.05) is 66.0 Å². The zero-order valence-corrected chi connectivity index (χ0v) is 12.4. The van der Waals surface area contributed by atoms with E-state index >= 15 is 0 Å². The maximum Gasteiger partial charge on any atom is 0.0558 e. The molecule has 0 aromatic carbocycles.